The van der Waals surface area contributed by atoms with Crippen LogP contribution in [0.15, 0.2) is 152 Å². The molecule has 0 atom stereocenters. The van der Waals surface area contributed by atoms with E-state index in [0.717, 1.165) is 0 Å². The molecule has 2 heteroatoms. The summed E-state index contributed by atoms with van der Waals surface area (Å²) in [4.78, 5) is 0. The summed E-state index contributed by atoms with van der Waals surface area (Å²) < 4.78 is 5.18. The van der Waals surface area contributed by atoms with E-state index in [9.17, 15) is 0 Å². The minimum absolute atomic E-state index is 0.345. The molecule has 9 aromatic rings. The van der Waals surface area contributed by atoms with Crippen molar-refractivity contribution >= 4 is 53.3 Å². The van der Waals surface area contributed by atoms with E-state index in [4.69, 9.17) is 0 Å². The molecule has 45 heavy (non-hydrogen) atoms. The monoisotopic (exact) mass is 587 g/mol. The molecule has 0 amide bonds. The fourth-order valence-electron chi connectivity index (χ4n) is 8.72. The number of hydrogen-bond donors (Lipinski definition) is 0. The molecule has 11 rings (SSSR count). The highest BCUT2D eigenvalue weighted by Crippen LogP contribution is 2.63. The zero-order chi connectivity index (χ0) is 29.3. The van der Waals surface area contributed by atoms with Gasteiger partial charge in [-0.15, -0.1) is 11.3 Å². The Kier molecular flexibility index (Phi) is 4.46. The van der Waals surface area contributed by atoms with Crippen molar-refractivity contribution in [2.24, 2.45) is 0 Å². The van der Waals surface area contributed by atoms with Crippen molar-refractivity contribution in [3.05, 3.63) is 174 Å². The first-order chi connectivity index (χ1) is 22.3. The third-order valence-corrected chi connectivity index (χ3v) is 11.6. The lowest BCUT2D eigenvalue weighted by Crippen LogP contribution is -2.25. The van der Waals surface area contributed by atoms with Crippen molar-refractivity contribution in [2.45, 2.75) is 5.41 Å². The normalized spacial score (nSPS) is 14.0. The van der Waals surface area contributed by atoms with Crippen molar-refractivity contribution in [2.75, 3.05) is 0 Å². The summed E-state index contributed by atoms with van der Waals surface area (Å²) in [5.74, 6) is 0. The fraction of sp³-hybridized carbons (Fsp3) is 0.0233. The van der Waals surface area contributed by atoms with Gasteiger partial charge in [0.1, 0.15) is 0 Å². The van der Waals surface area contributed by atoms with Gasteiger partial charge in [0.15, 0.2) is 0 Å². The minimum Gasteiger partial charge on any atom is -0.308 e. The van der Waals surface area contributed by atoms with Gasteiger partial charge in [0.05, 0.1) is 26.8 Å². The lowest BCUT2D eigenvalue weighted by atomic mass is 9.70. The van der Waals surface area contributed by atoms with Gasteiger partial charge in [-0.3, -0.25) is 0 Å². The van der Waals surface area contributed by atoms with Gasteiger partial charge in [0.2, 0.25) is 0 Å². The molecule has 0 saturated carbocycles. The van der Waals surface area contributed by atoms with Crippen LogP contribution in [0, 0.1) is 0 Å². The lowest BCUT2D eigenvalue weighted by molar-refractivity contribution is 0.795. The van der Waals surface area contributed by atoms with E-state index in [1.54, 1.807) is 0 Å². The highest BCUT2D eigenvalue weighted by molar-refractivity contribution is 7.26. The summed E-state index contributed by atoms with van der Waals surface area (Å²) >= 11 is 1.90. The molecule has 0 aliphatic heterocycles. The molecule has 0 radical (unpaired) electrons. The highest BCUT2D eigenvalue weighted by Gasteiger charge is 2.51. The van der Waals surface area contributed by atoms with Crippen LogP contribution in [0.3, 0.4) is 0 Å². The summed E-state index contributed by atoms with van der Waals surface area (Å²) in [5, 5.41) is 5.25. The van der Waals surface area contributed by atoms with Crippen LogP contribution in [0.2, 0.25) is 0 Å². The Labute approximate surface area is 264 Å². The third-order valence-electron chi connectivity index (χ3n) is 10.4. The molecule has 0 N–H and O–H groups in total. The Bertz CT molecular complexity index is 2670. The second kappa shape index (κ2) is 8.38. The van der Waals surface area contributed by atoms with Crippen molar-refractivity contribution in [1.82, 2.24) is 4.57 Å². The predicted octanol–water partition coefficient (Wildman–Crippen LogP) is 11.5. The van der Waals surface area contributed by atoms with Gasteiger partial charge in [-0.05, 0) is 74.8 Å². The van der Waals surface area contributed by atoms with Gasteiger partial charge in [0, 0.05) is 26.2 Å². The number of hydrogen-bond acceptors (Lipinski definition) is 1. The summed E-state index contributed by atoms with van der Waals surface area (Å²) in [6.07, 6.45) is 0. The van der Waals surface area contributed by atoms with Crippen LogP contribution in [-0.4, -0.2) is 4.57 Å². The molecule has 0 unspecified atom stereocenters. The van der Waals surface area contributed by atoms with Crippen molar-refractivity contribution in [3.8, 4) is 27.9 Å². The van der Waals surface area contributed by atoms with Gasteiger partial charge in [-0.25, -0.2) is 0 Å². The van der Waals surface area contributed by atoms with Crippen LogP contribution < -0.4 is 0 Å². The van der Waals surface area contributed by atoms with Crippen molar-refractivity contribution < 1.29 is 0 Å². The zero-order valence-electron chi connectivity index (χ0n) is 24.3. The van der Waals surface area contributed by atoms with Crippen LogP contribution in [0.5, 0.6) is 0 Å². The summed E-state index contributed by atoms with van der Waals surface area (Å²) in [6, 6.07) is 56.8. The first-order valence-corrected chi connectivity index (χ1v) is 16.4. The van der Waals surface area contributed by atoms with Crippen LogP contribution in [0.1, 0.15) is 22.3 Å². The first kappa shape index (κ1) is 23.9. The SMILES string of the molecule is c1ccc2c(c1)-c1ccccc1C21c2ccccc2-c2cc3c(cc21)c1ccccc1n3-c1cccc2c1sc1ccccc12. The van der Waals surface area contributed by atoms with Crippen LogP contribution in [-0.2, 0) is 5.41 Å². The number of benzene rings is 7. The molecule has 2 heterocycles. The van der Waals surface area contributed by atoms with E-state index >= 15 is 0 Å². The Morgan fingerprint density at radius 2 is 0.978 bits per heavy atom. The fourth-order valence-corrected chi connectivity index (χ4v) is 9.93. The third kappa shape index (κ3) is 2.80. The molecule has 208 valence electrons. The molecule has 0 bridgehead atoms. The molecule has 7 aromatic carbocycles. The topological polar surface area (TPSA) is 4.93 Å². The quantitative estimate of drug-likeness (QED) is 0.180. The van der Waals surface area contributed by atoms with Crippen LogP contribution >= 0.6 is 11.3 Å². The largest absolute Gasteiger partial charge is 0.308 e. The van der Waals surface area contributed by atoms with Gasteiger partial charge >= 0.3 is 0 Å². The van der Waals surface area contributed by atoms with Gasteiger partial charge in [-0.1, -0.05) is 121 Å². The number of aromatic nitrogens is 1. The minimum atomic E-state index is -0.345. The number of thiophene rings is 1. The van der Waals surface area contributed by atoms with E-state index < -0.39 is 0 Å². The number of fused-ring (bicyclic) bond motifs is 16. The smallest absolute Gasteiger partial charge is 0.0725 e. The van der Waals surface area contributed by atoms with E-state index in [-0.39, 0.29) is 5.41 Å². The Morgan fingerprint density at radius 3 is 1.71 bits per heavy atom. The highest BCUT2D eigenvalue weighted by atomic mass is 32.1. The molecule has 2 aliphatic carbocycles. The lowest BCUT2D eigenvalue weighted by Gasteiger charge is -2.30. The van der Waals surface area contributed by atoms with Crippen LogP contribution in [0.4, 0.5) is 0 Å². The van der Waals surface area contributed by atoms with Gasteiger partial charge in [0.25, 0.3) is 0 Å². The standard InChI is InChI=1S/C43H25NS/c1-6-18-34-26(12-1)27-13-2-7-19-35(27)43(34)36-20-8-3-14-28(36)32-25-40-33(24-37(32)43)29-15-4-9-21-38(29)44(40)39-22-11-17-31-30-16-5-10-23-41(30)45-42(31)39/h1-25H. The van der Waals surface area contributed by atoms with Crippen molar-refractivity contribution in [3.63, 3.8) is 0 Å². The summed E-state index contributed by atoms with van der Waals surface area (Å²) in [7, 11) is 0. The molecule has 2 aliphatic rings. The number of nitrogens with zero attached hydrogens (tertiary/aromatic N) is 1. The molecular weight excluding hydrogens is 563 g/mol. The Morgan fingerprint density at radius 1 is 0.400 bits per heavy atom. The summed E-state index contributed by atoms with van der Waals surface area (Å²) in [5.41, 5.74) is 14.3. The second-order valence-corrected chi connectivity index (χ2v) is 13.5. The maximum atomic E-state index is 2.54. The average molecular weight is 588 g/mol. The average Bonchev–Trinajstić information content (AvgIpc) is 3.81. The second-order valence-electron chi connectivity index (χ2n) is 12.4. The molecule has 1 spiro atoms. The van der Waals surface area contributed by atoms with E-state index in [0.29, 0.717) is 0 Å². The first-order valence-electron chi connectivity index (χ1n) is 15.6. The molecule has 0 saturated heterocycles. The Hall–Kier alpha value is -5.44. The van der Waals surface area contributed by atoms with E-state index in [1.807, 2.05) is 11.3 Å². The van der Waals surface area contributed by atoms with Gasteiger partial charge in [-0.2, -0.15) is 0 Å². The molecule has 1 nitrogen and oxygen atoms in total. The van der Waals surface area contributed by atoms with Gasteiger partial charge < -0.3 is 4.57 Å². The maximum Gasteiger partial charge on any atom is 0.0725 e. The maximum absolute atomic E-state index is 2.54. The molecule has 2 aromatic heterocycles. The Balaban J connectivity index is 1.31. The molecular formula is C43H25NS. The molecule has 0 fully saturated rings. The predicted molar refractivity (Wildman–Crippen MR) is 190 cm³/mol. The van der Waals surface area contributed by atoms with Crippen LogP contribution in [0.25, 0.3) is 69.9 Å². The van der Waals surface area contributed by atoms with Crippen molar-refractivity contribution in [1.29, 1.82) is 0 Å². The zero-order valence-corrected chi connectivity index (χ0v) is 25.1. The van der Waals surface area contributed by atoms with E-state index in [2.05, 4.69) is 156 Å². The number of para-hydroxylation sites is 1. The summed E-state index contributed by atoms with van der Waals surface area (Å²) in [6.45, 7) is 0. The number of rotatable bonds is 1. The van der Waals surface area contributed by atoms with E-state index in [1.165, 1.54) is 92.2 Å².